The molecule has 1 saturated heterocycles. The molecule has 4 rings (SSSR count). The number of phenolic OH excluding ortho intramolecular Hbond substituents is 2. The fourth-order valence-corrected chi connectivity index (χ4v) is 3.62. The minimum atomic E-state index is -0.208. The van der Waals surface area contributed by atoms with E-state index in [9.17, 15) is 15.0 Å². The molecule has 1 aromatic heterocycles. The van der Waals surface area contributed by atoms with E-state index in [1.165, 1.54) is 12.1 Å². The zero-order valence-electron chi connectivity index (χ0n) is 13.5. The van der Waals surface area contributed by atoms with Crippen LogP contribution in [0.3, 0.4) is 0 Å². The number of fused-ring (bicyclic) bond motifs is 1. The van der Waals surface area contributed by atoms with E-state index >= 15 is 0 Å². The Morgan fingerprint density at radius 3 is 2.96 bits per heavy atom. The average molecular weight is 364 g/mol. The minimum Gasteiger partial charge on any atom is -0.507 e. The van der Waals surface area contributed by atoms with Gasteiger partial charge in [-0.2, -0.15) is 0 Å². The number of amides is 1. The topological polar surface area (TPSA) is 98.8 Å². The molecule has 8 heteroatoms. The standard InChI is InChI=1S/C17H18ClN3O4/c18-11-6-9(14(22)7-15(11)23)16-10-8-21(5-3-12(10)20-25-16)17(24)13-2-1-4-19-13/h6-7,13,19,22-23H,1-5,8H2/t13-/m1/s1. The normalized spacial score (nSPS) is 19.9. The van der Waals surface area contributed by atoms with Crippen LogP contribution >= 0.6 is 11.6 Å². The van der Waals surface area contributed by atoms with Gasteiger partial charge < -0.3 is 25.0 Å². The summed E-state index contributed by atoms with van der Waals surface area (Å²) in [5.41, 5.74) is 1.90. The van der Waals surface area contributed by atoms with Gasteiger partial charge >= 0.3 is 0 Å². The van der Waals surface area contributed by atoms with Crippen molar-refractivity contribution < 1.29 is 19.5 Å². The number of benzene rings is 1. The molecule has 1 aromatic carbocycles. The van der Waals surface area contributed by atoms with E-state index in [1.54, 1.807) is 4.90 Å². The van der Waals surface area contributed by atoms with E-state index in [-0.39, 0.29) is 28.5 Å². The summed E-state index contributed by atoms with van der Waals surface area (Å²) in [5.74, 6) is 0.108. The van der Waals surface area contributed by atoms with Gasteiger partial charge in [-0.1, -0.05) is 16.8 Å². The number of hydrogen-bond donors (Lipinski definition) is 3. The second-order valence-electron chi connectivity index (χ2n) is 6.42. The molecule has 0 saturated carbocycles. The molecular weight excluding hydrogens is 346 g/mol. The number of carbonyl (C=O) groups excluding carboxylic acids is 1. The SMILES string of the molecule is O=C([C@H]1CCCN1)N1CCc2noc(-c3cc(Cl)c(O)cc3O)c2C1. The highest BCUT2D eigenvalue weighted by molar-refractivity contribution is 6.32. The first-order chi connectivity index (χ1) is 12.0. The van der Waals surface area contributed by atoms with E-state index in [0.717, 1.165) is 30.6 Å². The van der Waals surface area contributed by atoms with E-state index < -0.39 is 0 Å². The first-order valence-corrected chi connectivity index (χ1v) is 8.64. The van der Waals surface area contributed by atoms with Crippen molar-refractivity contribution in [2.24, 2.45) is 0 Å². The number of nitrogens with zero attached hydrogens (tertiary/aromatic N) is 2. The highest BCUT2D eigenvalue weighted by Crippen LogP contribution is 2.40. The second-order valence-corrected chi connectivity index (χ2v) is 6.82. The van der Waals surface area contributed by atoms with Crippen molar-refractivity contribution in [2.75, 3.05) is 13.1 Å². The van der Waals surface area contributed by atoms with Gasteiger partial charge in [0.05, 0.1) is 28.9 Å². The molecule has 0 unspecified atom stereocenters. The molecule has 0 bridgehead atoms. The number of nitrogens with one attached hydrogen (secondary N) is 1. The lowest BCUT2D eigenvalue weighted by Crippen LogP contribution is -2.45. The Kier molecular flexibility index (Phi) is 4.05. The molecule has 2 aliphatic heterocycles. The van der Waals surface area contributed by atoms with Crippen LogP contribution in [-0.2, 0) is 17.8 Å². The number of phenols is 2. The predicted molar refractivity (Wildman–Crippen MR) is 90.4 cm³/mol. The lowest BCUT2D eigenvalue weighted by Gasteiger charge is -2.28. The molecule has 1 atom stereocenters. The maximum Gasteiger partial charge on any atom is 0.240 e. The second kappa shape index (κ2) is 6.24. The first kappa shape index (κ1) is 16.2. The fraction of sp³-hybridized carbons (Fsp3) is 0.412. The zero-order chi connectivity index (χ0) is 17.6. The minimum absolute atomic E-state index is 0.0864. The smallest absolute Gasteiger partial charge is 0.240 e. The van der Waals surface area contributed by atoms with Gasteiger partial charge in [0.15, 0.2) is 5.76 Å². The van der Waals surface area contributed by atoms with Crippen molar-refractivity contribution in [3.63, 3.8) is 0 Å². The summed E-state index contributed by atoms with van der Waals surface area (Å²) < 4.78 is 5.43. The van der Waals surface area contributed by atoms with E-state index in [4.69, 9.17) is 16.1 Å². The molecule has 1 fully saturated rings. The van der Waals surface area contributed by atoms with Crippen LogP contribution in [-0.4, -0.2) is 45.3 Å². The lowest BCUT2D eigenvalue weighted by atomic mass is 10.00. The van der Waals surface area contributed by atoms with Crippen LogP contribution in [0.15, 0.2) is 16.7 Å². The average Bonchev–Trinajstić information content (AvgIpc) is 3.26. The number of aromatic hydroxyl groups is 2. The van der Waals surface area contributed by atoms with Gasteiger partial charge in [0.1, 0.15) is 11.5 Å². The summed E-state index contributed by atoms with van der Waals surface area (Å²) in [6.45, 7) is 1.84. The van der Waals surface area contributed by atoms with E-state index in [1.807, 2.05) is 0 Å². The summed E-state index contributed by atoms with van der Waals surface area (Å²) in [5, 5.41) is 27.1. The zero-order valence-corrected chi connectivity index (χ0v) is 14.2. The highest BCUT2D eigenvalue weighted by atomic mass is 35.5. The maximum absolute atomic E-state index is 12.7. The van der Waals surface area contributed by atoms with Crippen LogP contribution in [0.4, 0.5) is 0 Å². The molecule has 7 nitrogen and oxygen atoms in total. The molecule has 3 heterocycles. The van der Waals surface area contributed by atoms with Gasteiger partial charge in [0, 0.05) is 24.6 Å². The third-order valence-electron chi connectivity index (χ3n) is 4.82. The molecule has 2 aromatic rings. The van der Waals surface area contributed by atoms with Crippen LogP contribution in [0.2, 0.25) is 5.02 Å². The van der Waals surface area contributed by atoms with Crippen molar-refractivity contribution in [3.8, 4) is 22.8 Å². The molecule has 0 aliphatic carbocycles. The van der Waals surface area contributed by atoms with E-state index in [0.29, 0.717) is 30.8 Å². The molecule has 0 radical (unpaired) electrons. The number of aromatic nitrogens is 1. The van der Waals surface area contributed by atoms with Crippen LogP contribution < -0.4 is 5.32 Å². The van der Waals surface area contributed by atoms with Crippen molar-refractivity contribution >= 4 is 17.5 Å². The summed E-state index contributed by atoms with van der Waals surface area (Å²) >= 11 is 5.96. The first-order valence-electron chi connectivity index (χ1n) is 8.26. The largest absolute Gasteiger partial charge is 0.507 e. The Morgan fingerprint density at radius 2 is 2.20 bits per heavy atom. The lowest BCUT2D eigenvalue weighted by molar-refractivity contribution is -0.134. The van der Waals surface area contributed by atoms with Gasteiger partial charge in [-0.15, -0.1) is 0 Å². The quantitative estimate of drug-likeness (QED) is 0.755. The number of rotatable bonds is 2. The summed E-state index contributed by atoms with van der Waals surface area (Å²) in [4.78, 5) is 14.5. The van der Waals surface area contributed by atoms with Crippen molar-refractivity contribution in [2.45, 2.75) is 31.8 Å². The molecule has 132 valence electrons. The van der Waals surface area contributed by atoms with Crippen molar-refractivity contribution in [1.29, 1.82) is 0 Å². The van der Waals surface area contributed by atoms with Gasteiger partial charge in [-0.25, -0.2) is 0 Å². The Hall–Kier alpha value is -2.25. The van der Waals surface area contributed by atoms with Crippen molar-refractivity contribution in [3.05, 3.63) is 28.4 Å². The highest BCUT2D eigenvalue weighted by Gasteiger charge is 2.32. The van der Waals surface area contributed by atoms with Gasteiger partial charge in [-0.3, -0.25) is 4.79 Å². The van der Waals surface area contributed by atoms with Crippen LogP contribution in [0.25, 0.3) is 11.3 Å². The predicted octanol–water partition coefficient (Wildman–Crippen LogP) is 2.04. The Morgan fingerprint density at radius 1 is 1.36 bits per heavy atom. The molecule has 3 N–H and O–H groups in total. The van der Waals surface area contributed by atoms with Crippen molar-refractivity contribution in [1.82, 2.24) is 15.4 Å². The Balaban J connectivity index is 1.65. The monoisotopic (exact) mass is 363 g/mol. The Bertz CT molecular complexity index is 830. The molecule has 0 spiro atoms. The van der Waals surface area contributed by atoms with Gasteiger partial charge in [-0.05, 0) is 25.5 Å². The summed E-state index contributed by atoms with van der Waals surface area (Å²) in [6.07, 6.45) is 2.46. The van der Waals surface area contributed by atoms with Gasteiger partial charge in [0.2, 0.25) is 5.91 Å². The summed E-state index contributed by atoms with van der Waals surface area (Å²) in [7, 11) is 0. The molecular formula is C17H18ClN3O4. The number of carbonyl (C=O) groups is 1. The third kappa shape index (κ3) is 2.83. The van der Waals surface area contributed by atoms with Crippen LogP contribution in [0.1, 0.15) is 24.1 Å². The van der Waals surface area contributed by atoms with Crippen LogP contribution in [0, 0.1) is 0 Å². The van der Waals surface area contributed by atoms with E-state index in [2.05, 4.69) is 10.5 Å². The maximum atomic E-state index is 12.7. The molecule has 25 heavy (non-hydrogen) atoms. The number of hydrogen-bond acceptors (Lipinski definition) is 6. The fourth-order valence-electron chi connectivity index (χ4n) is 3.46. The van der Waals surface area contributed by atoms with Crippen LogP contribution in [0.5, 0.6) is 11.5 Å². The molecule has 2 aliphatic rings. The summed E-state index contributed by atoms with van der Waals surface area (Å²) in [6, 6.07) is 2.48. The van der Waals surface area contributed by atoms with Gasteiger partial charge in [0.25, 0.3) is 0 Å². The Labute approximate surface area is 149 Å². The molecule has 1 amide bonds. The third-order valence-corrected chi connectivity index (χ3v) is 5.12. The number of halogens is 1.